The van der Waals surface area contributed by atoms with Crippen LogP contribution >= 0.6 is 11.3 Å². The molecule has 0 radical (unpaired) electrons. The summed E-state index contributed by atoms with van der Waals surface area (Å²) in [7, 11) is 0. The Morgan fingerprint density at radius 2 is 2.11 bits per heavy atom. The van der Waals surface area contributed by atoms with Gasteiger partial charge in [0.1, 0.15) is 5.69 Å². The number of hydrogen-bond donors (Lipinski definition) is 1. The molecule has 0 atom stereocenters. The minimum Gasteiger partial charge on any atom is -0.339 e. The molecular weight excluding hydrogens is 374 g/mol. The lowest BCUT2D eigenvalue weighted by molar-refractivity contribution is -0.116. The summed E-state index contributed by atoms with van der Waals surface area (Å²) in [6, 6.07) is 11.3. The van der Waals surface area contributed by atoms with Crippen LogP contribution in [0.2, 0.25) is 0 Å². The van der Waals surface area contributed by atoms with E-state index in [1.165, 1.54) is 0 Å². The van der Waals surface area contributed by atoms with Crippen molar-refractivity contribution in [3.63, 3.8) is 0 Å². The monoisotopic (exact) mass is 393 g/mol. The molecule has 0 aliphatic heterocycles. The van der Waals surface area contributed by atoms with Gasteiger partial charge in [0.05, 0.1) is 15.2 Å². The fourth-order valence-corrected chi connectivity index (χ4v) is 3.68. The number of pyridine rings is 1. The van der Waals surface area contributed by atoms with Crippen LogP contribution in [0.1, 0.15) is 37.1 Å². The quantitative estimate of drug-likeness (QED) is 0.521. The van der Waals surface area contributed by atoms with Gasteiger partial charge in [-0.15, -0.1) is 11.3 Å². The van der Waals surface area contributed by atoms with Crippen LogP contribution in [0.25, 0.3) is 21.7 Å². The lowest BCUT2D eigenvalue weighted by Crippen LogP contribution is -2.12. The smallest absolute Gasteiger partial charge is 0.227 e. The lowest BCUT2D eigenvalue weighted by atomic mass is 10.2. The molecule has 7 nitrogen and oxygen atoms in total. The van der Waals surface area contributed by atoms with E-state index in [4.69, 9.17) is 4.52 Å². The summed E-state index contributed by atoms with van der Waals surface area (Å²) in [5.74, 6) is 1.12. The minimum atomic E-state index is -0.106. The predicted octanol–water partition coefficient (Wildman–Crippen LogP) is 4.44. The van der Waals surface area contributed by atoms with E-state index in [1.807, 2.05) is 36.4 Å². The van der Waals surface area contributed by atoms with E-state index in [9.17, 15) is 4.79 Å². The van der Waals surface area contributed by atoms with Crippen LogP contribution in [0.4, 0.5) is 5.69 Å². The highest BCUT2D eigenvalue weighted by Gasteiger charge is 2.12. The van der Waals surface area contributed by atoms with Gasteiger partial charge in [0, 0.05) is 30.6 Å². The second-order valence-electron chi connectivity index (χ2n) is 6.66. The molecule has 8 heteroatoms. The van der Waals surface area contributed by atoms with E-state index in [1.54, 1.807) is 17.5 Å². The summed E-state index contributed by atoms with van der Waals surface area (Å²) in [6.07, 6.45) is 2.29. The highest BCUT2D eigenvalue weighted by atomic mass is 32.1. The van der Waals surface area contributed by atoms with Crippen molar-refractivity contribution in [3.8, 4) is 11.5 Å². The third kappa shape index (κ3) is 4.07. The third-order valence-electron chi connectivity index (χ3n) is 4.11. The van der Waals surface area contributed by atoms with Gasteiger partial charge in [0.2, 0.25) is 17.6 Å². The van der Waals surface area contributed by atoms with E-state index in [2.05, 4.69) is 39.3 Å². The molecule has 0 aliphatic carbocycles. The normalized spacial score (nSPS) is 11.2. The molecular formula is C20H19N5O2S. The molecule has 0 bridgehead atoms. The first-order valence-electron chi connectivity index (χ1n) is 9.03. The molecule has 0 saturated heterocycles. The number of nitrogens with zero attached hydrogens (tertiary/aromatic N) is 4. The van der Waals surface area contributed by atoms with Crippen molar-refractivity contribution in [2.24, 2.45) is 0 Å². The molecule has 4 rings (SSSR count). The van der Waals surface area contributed by atoms with E-state index in [0.29, 0.717) is 29.7 Å². The van der Waals surface area contributed by atoms with Gasteiger partial charge in [-0.3, -0.25) is 9.78 Å². The second kappa shape index (κ2) is 7.85. The Labute approximate surface area is 165 Å². The van der Waals surface area contributed by atoms with Crippen molar-refractivity contribution in [3.05, 3.63) is 53.5 Å². The van der Waals surface area contributed by atoms with Gasteiger partial charge in [-0.25, -0.2) is 4.98 Å². The Bertz CT molecular complexity index is 1100. The van der Waals surface area contributed by atoms with Gasteiger partial charge in [-0.1, -0.05) is 25.1 Å². The zero-order chi connectivity index (χ0) is 19.5. The Balaban J connectivity index is 1.37. The molecule has 1 aromatic carbocycles. The number of aryl methyl sites for hydroxylation is 1. The Kier molecular flexibility index (Phi) is 5.12. The predicted molar refractivity (Wildman–Crippen MR) is 108 cm³/mol. The number of fused-ring (bicyclic) bond motifs is 1. The molecule has 0 spiro atoms. The van der Waals surface area contributed by atoms with Crippen molar-refractivity contribution < 1.29 is 9.32 Å². The lowest BCUT2D eigenvalue weighted by Gasteiger charge is -2.03. The molecule has 0 unspecified atom stereocenters. The summed E-state index contributed by atoms with van der Waals surface area (Å²) in [5.41, 5.74) is 2.36. The fourth-order valence-electron chi connectivity index (χ4n) is 2.67. The first-order chi connectivity index (χ1) is 13.6. The van der Waals surface area contributed by atoms with Crippen molar-refractivity contribution >= 4 is 33.1 Å². The van der Waals surface area contributed by atoms with Gasteiger partial charge < -0.3 is 9.84 Å². The summed E-state index contributed by atoms with van der Waals surface area (Å²) >= 11 is 1.66. The van der Waals surface area contributed by atoms with Gasteiger partial charge in [0.25, 0.3) is 0 Å². The van der Waals surface area contributed by atoms with Crippen molar-refractivity contribution in [2.75, 3.05) is 5.32 Å². The highest BCUT2D eigenvalue weighted by Crippen LogP contribution is 2.29. The van der Waals surface area contributed by atoms with Crippen molar-refractivity contribution in [1.82, 2.24) is 20.1 Å². The molecule has 3 heterocycles. The van der Waals surface area contributed by atoms with Crippen LogP contribution < -0.4 is 5.32 Å². The second-order valence-corrected chi connectivity index (χ2v) is 7.73. The van der Waals surface area contributed by atoms with E-state index in [-0.39, 0.29) is 12.3 Å². The molecule has 0 saturated carbocycles. The number of hydrogen-bond acceptors (Lipinski definition) is 7. The zero-order valence-electron chi connectivity index (χ0n) is 15.5. The van der Waals surface area contributed by atoms with Crippen LogP contribution in [0.3, 0.4) is 0 Å². The average Bonchev–Trinajstić information content (AvgIpc) is 3.34. The molecule has 28 heavy (non-hydrogen) atoms. The van der Waals surface area contributed by atoms with Crippen LogP contribution in [0, 0.1) is 0 Å². The summed E-state index contributed by atoms with van der Waals surface area (Å²) < 4.78 is 6.28. The molecule has 0 aliphatic rings. The Hall–Kier alpha value is -3.13. The molecule has 3 aromatic heterocycles. The zero-order valence-corrected chi connectivity index (χ0v) is 16.4. The largest absolute Gasteiger partial charge is 0.339 e. The standard InChI is InChI=1S/C20H19N5O2S/c1-12(2)20-23-14-7-6-13(11-16(14)28-20)22-17(26)8-9-18-24-19(25-27-18)15-5-3-4-10-21-15/h3-7,10-12H,8-9H2,1-2H3,(H,22,26). The van der Waals surface area contributed by atoms with Gasteiger partial charge >= 0.3 is 0 Å². The number of benzene rings is 1. The maximum Gasteiger partial charge on any atom is 0.227 e. The summed E-state index contributed by atoms with van der Waals surface area (Å²) in [5, 5.41) is 7.93. The summed E-state index contributed by atoms with van der Waals surface area (Å²) in [4.78, 5) is 25.4. The first kappa shape index (κ1) is 18.2. The number of rotatable bonds is 6. The average molecular weight is 393 g/mol. The van der Waals surface area contributed by atoms with Crippen molar-refractivity contribution in [1.29, 1.82) is 0 Å². The van der Waals surface area contributed by atoms with E-state index < -0.39 is 0 Å². The fraction of sp³-hybridized carbons (Fsp3) is 0.250. The summed E-state index contributed by atoms with van der Waals surface area (Å²) in [6.45, 7) is 4.24. The maximum absolute atomic E-state index is 12.3. The Morgan fingerprint density at radius 3 is 2.89 bits per heavy atom. The van der Waals surface area contributed by atoms with Crippen molar-refractivity contribution in [2.45, 2.75) is 32.6 Å². The SMILES string of the molecule is CC(C)c1nc2ccc(NC(=O)CCc3nc(-c4ccccn4)no3)cc2s1. The van der Waals surface area contributed by atoms with Gasteiger partial charge in [-0.2, -0.15) is 4.98 Å². The topological polar surface area (TPSA) is 93.8 Å². The number of carbonyl (C=O) groups is 1. The Morgan fingerprint density at radius 1 is 1.21 bits per heavy atom. The number of carbonyl (C=O) groups excluding carboxylic acids is 1. The van der Waals surface area contributed by atoms with Crippen LogP contribution in [0.5, 0.6) is 0 Å². The number of aromatic nitrogens is 4. The number of amides is 1. The number of thiazole rings is 1. The van der Waals surface area contributed by atoms with E-state index in [0.717, 1.165) is 20.9 Å². The van der Waals surface area contributed by atoms with E-state index >= 15 is 0 Å². The molecule has 0 fully saturated rings. The third-order valence-corrected chi connectivity index (χ3v) is 5.43. The molecule has 1 amide bonds. The first-order valence-corrected chi connectivity index (χ1v) is 9.84. The maximum atomic E-state index is 12.3. The molecule has 4 aromatic rings. The molecule has 1 N–H and O–H groups in total. The number of nitrogens with one attached hydrogen (secondary N) is 1. The molecule has 142 valence electrons. The minimum absolute atomic E-state index is 0.106. The van der Waals surface area contributed by atoms with Gasteiger partial charge in [0.15, 0.2) is 0 Å². The highest BCUT2D eigenvalue weighted by molar-refractivity contribution is 7.18. The van der Waals surface area contributed by atoms with Crippen LogP contribution in [-0.4, -0.2) is 26.0 Å². The number of anilines is 1. The van der Waals surface area contributed by atoms with Crippen LogP contribution in [-0.2, 0) is 11.2 Å². The van der Waals surface area contributed by atoms with Crippen LogP contribution in [0.15, 0.2) is 47.1 Å². The van der Waals surface area contributed by atoms with Gasteiger partial charge in [-0.05, 0) is 30.3 Å².